The fourth-order valence-corrected chi connectivity index (χ4v) is 4.49. The fourth-order valence-electron chi connectivity index (χ4n) is 4.49. The van der Waals surface area contributed by atoms with Crippen LogP contribution in [0.1, 0.15) is 55.2 Å². The first-order valence-corrected chi connectivity index (χ1v) is 12.8. The molecular formula is C31H31NO7. The summed E-state index contributed by atoms with van der Waals surface area (Å²) in [6.07, 6.45) is -0.326. The van der Waals surface area contributed by atoms with Gasteiger partial charge in [-0.15, -0.1) is 0 Å². The number of esters is 1. The van der Waals surface area contributed by atoms with E-state index >= 15 is 0 Å². The van der Waals surface area contributed by atoms with Crippen LogP contribution in [-0.2, 0) is 14.3 Å². The summed E-state index contributed by atoms with van der Waals surface area (Å²) in [7, 11) is 0. The average molecular weight is 530 g/mol. The van der Waals surface area contributed by atoms with E-state index in [-0.39, 0.29) is 28.6 Å². The number of aliphatic hydroxyl groups is 1. The summed E-state index contributed by atoms with van der Waals surface area (Å²) in [4.78, 5) is 40.9. The highest BCUT2D eigenvalue weighted by atomic mass is 16.5. The number of Topliss-reactive ketones (excluding diaryl/α,β-unsaturated/α-hetero) is 1. The second kappa shape index (κ2) is 11.9. The average Bonchev–Trinajstić information content (AvgIpc) is 3.19. The van der Waals surface area contributed by atoms with Gasteiger partial charge in [-0.2, -0.15) is 0 Å². The molecule has 1 saturated heterocycles. The molecule has 0 saturated carbocycles. The minimum Gasteiger partial charge on any atom is -0.507 e. The lowest BCUT2D eigenvalue weighted by atomic mass is 9.94. The van der Waals surface area contributed by atoms with Crippen LogP contribution in [0, 0.1) is 0 Å². The van der Waals surface area contributed by atoms with E-state index in [1.807, 2.05) is 13.0 Å². The van der Waals surface area contributed by atoms with Crippen LogP contribution < -0.4 is 14.4 Å². The first kappa shape index (κ1) is 27.4. The molecule has 0 bridgehead atoms. The molecule has 3 aromatic carbocycles. The number of aliphatic hydroxyl groups excluding tert-OH is 1. The Kier molecular flexibility index (Phi) is 8.34. The highest BCUT2D eigenvalue weighted by Gasteiger charge is 2.47. The Morgan fingerprint density at radius 2 is 1.64 bits per heavy atom. The summed E-state index contributed by atoms with van der Waals surface area (Å²) >= 11 is 0. The molecule has 0 radical (unpaired) electrons. The number of carbonyl (C=O) groups excluding carboxylic acids is 3. The summed E-state index contributed by atoms with van der Waals surface area (Å²) in [5.74, 6) is -1.74. The van der Waals surface area contributed by atoms with E-state index in [1.54, 1.807) is 81.4 Å². The third-order valence-corrected chi connectivity index (χ3v) is 6.08. The number of benzene rings is 3. The Bertz CT molecular complexity index is 1410. The van der Waals surface area contributed by atoms with Gasteiger partial charge in [0, 0.05) is 11.8 Å². The molecule has 0 aliphatic carbocycles. The summed E-state index contributed by atoms with van der Waals surface area (Å²) in [6.45, 7) is 7.90. The van der Waals surface area contributed by atoms with Crippen LogP contribution in [0.25, 0.3) is 5.76 Å². The molecule has 1 unspecified atom stereocenters. The van der Waals surface area contributed by atoms with Gasteiger partial charge in [-0.25, -0.2) is 4.79 Å². The second-order valence-electron chi connectivity index (χ2n) is 9.11. The molecule has 1 aliphatic rings. The van der Waals surface area contributed by atoms with Gasteiger partial charge >= 0.3 is 5.97 Å². The molecule has 0 aromatic heterocycles. The van der Waals surface area contributed by atoms with Crippen LogP contribution in [0.5, 0.6) is 11.5 Å². The Balaban J connectivity index is 1.89. The summed E-state index contributed by atoms with van der Waals surface area (Å²) in [6, 6.07) is 19.2. The monoisotopic (exact) mass is 529 g/mol. The Morgan fingerprint density at radius 3 is 2.31 bits per heavy atom. The van der Waals surface area contributed by atoms with Gasteiger partial charge in [0.05, 0.1) is 42.1 Å². The maximum absolute atomic E-state index is 13.5. The highest BCUT2D eigenvalue weighted by molar-refractivity contribution is 6.51. The topological polar surface area (TPSA) is 102 Å². The van der Waals surface area contributed by atoms with Gasteiger partial charge in [-0.3, -0.25) is 14.5 Å². The van der Waals surface area contributed by atoms with Crippen molar-refractivity contribution >= 4 is 29.1 Å². The largest absolute Gasteiger partial charge is 0.507 e. The number of amides is 1. The molecule has 3 aromatic rings. The van der Waals surface area contributed by atoms with E-state index in [9.17, 15) is 19.5 Å². The van der Waals surface area contributed by atoms with Gasteiger partial charge in [0.15, 0.2) is 0 Å². The lowest BCUT2D eigenvalue weighted by Crippen LogP contribution is -2.29. The normalized spacial score (nSPS) is 16.4. The summed E-state index contributed by atoms with van der Waals surface area (Å²) in [5.41, 5.74) is 1.33. The van der Waals surface area contributed by atoms with E-state index in [4.69, 9.17) is 14.2 Å². The Morgan fingerprint density at radius 1 is 0.923 bits per heavy atom. The van der Waals surface area contributed by atoms with Crippen LogP contribution in [0.2, 0.25) is 0 Å². The lowest BCUT2D eigenvalue weighted by molar-refractivity contribution is -0.132. The van der Waals surface area contributed by atoms with Crippen LogP contribution in [0.3, 0.4) is 0 Å². The predicted octanol–water partition coefficient (Wildman–Crippen LogP) is 5.68. The van der Waals surface area contributed by atoms with Crippen molar-refractivity contribution in [3.63, 3.8) is 0 Å². The minimum atomic E-state index is -0.955. The zero-order chi connectivity index (χ0) is 28.1. The Hall–Kier alpha value is -4.59. The van der Waals surface area contributed by atoms with Crippen molar-refractivity contribution in [2.24, 2.45) is 0 Å². The molecule has 202 valence electrons. The number of carbonyl (C=O) groups is 3. The number of ether oxygens (including phenoxy) is 3. The molecule has 4 rings (SSSR count). The Labute approximate surface area is 227 Å². The van der Waals surface area contributed by atoms with Gasteiger partial charge < -0.3 is 19.3 Å². The molecular weight excluding hydrogens is 498 g/mol. The van der Waals surface area contributed by atoms with Crippen molar-refractivity contribution < 1.29 is 33.7 Å². The van der Waals surface area contributed by atoms with E-state index in [0.29, 0.717) is 36.0 Å². The molecule has 1 atom stereocenters. The van der Waals surface area contributed by atoms with Gasteiger partial charge in [-0.1, -0.05) is 36.4 Å². The third kappa shape index (κ3) is 5.65. The van der Waals surface area contributed by atoms with Crippen molar-refractivity contribution in [3.8, 4) is 11.5 Å². The van der Waals surface area contributed by atoms with E-state index < -0.39 is 23.7 Å². The van der Waals surface area contributed by atoms with Crippen molar-refractivity contribution in [1.29, 1.82) is 0 Å². The number of hydrogen-bond donors (Lipinski definition) is 1. The van der Waals surface area contributed by atoms with Crippen molar-refractivity contribution in [3.05, 3.63) is 95.1 Å². The summed E-state index contributed by atoms with van der Waals surface area (Å²) < 4.78 is 16.6. The molecule has 1 fully saturated rings. The molecule has 0 spiro atoms. The zero-order valence-electron chi connectivity index (χ0n) is 22.3. The van der Waals surface area contributed by atoms with E-state index in [2.05, 4.69) is 0 Å². The smallest absolute Gasteiger partial charge is 0.338 e. The van der Waals surface area contributed by atoms with Gasteiger partial charge in [0.25, 0.3) is 11.7 Å². The zero-order valence-corrected chi connectivity index (χ0v) is 22.3. The van der Waals surface area contributed by atoms with Gasteiger partial charge in [-0.05, 0) is 63.6 Å². The molecule has 1 N–H and O–H groups in total. The van der Waals surface area contributed by atoms with Crippen molar-refractivity contribution in [1.82, 2.24) is 0 Å². The second-order valence-corrected chi connectivity index (χ2v) is 9.11. The fraction of sp³-hybridized carbons (Fsp3) is 0.258. The van der Waals surface area contributed by atoms with Crippen molar-refractivity contribution in [2.75, 3.05) is 18.1 Å². The molecule has 1 amide bonds. The first-order valence-electron chi connectivity index (χ1n) is 12.8. The summed E-state index contributed by atoms with van der Waals surface area (Å²) in [5, 5.41) is 11.6. The maximum atomic E-state index is 13.5. The SMILES string of the molecule is CCOc1ccc(/C(O)=C2/C(=O)C(=O)N(c3cccc(C(=O)OC(C)C)c3)C2c2ccccc2)c(OCC)c1. The van der Waals surface area contributed by atoms with Gasteiger partial charge in [0.1, 0.15) is 17.3 Å². The van der Waals surface area contributed by atoms with Crippen LogP contribution >= 0.6 is 0 Å². The number of ketones is 1. The number of rotatable bonds is 9. The van der Waals surface area contributed by atoms with Gasteiger partial charge in [0.2, 0.25) is 0 Å². The van der Waals surface area contributed by atoms with Crippen LogP contribution in [-0.4, -0.2) is 42.1 Å². The highest BCUT2D eigenvalue weighted by Crippen LogP contribution is 2.43. The van der Waals surface area contributed by atoms with Crippen LogP contribution in [0.15, 0.2) is 78.4 Å². The molecule has 39 heavy (non-hydrogen) atoms. The first-order chi connectivity index (χ1) is 18.8. The number of hydrogen-bond acceptors (Lipinski definition) is 7. The van der Waals surface area contributed by atoms with Crippen molar-refractivity contribution in [2.45, 2.75) is 39.8 Å². The molecule has 8 heteroatoms. The molecule has 1 heterocycles. The predicted molar refractivity (Wildman–Crippen MR) is 147 cm³/mol. The molecule has 8 nitrogen and oxygen atoms in total. The maximum Gasteiger partial charge on any atom is 0.338 e. The number of nitrogens with zero attached hydrogens (tertiary/aromatic N) is 1. The lowest BCUT2D eigenvalue weighted by Gasteiger charge is -2.26. The molecule has 1 aliphatic heterocycles. The number of anilines is 1. The standard InChI is InChI=1S/C31H31NO7/c1-5-37-23-15-16-24(25(18-23)38-6-2)28(33)26-27(20-11-8-7-9-12-20)32(30(35)29(26)34)22-14-10-13-21(17-22)31(36)39-19(3)4/h7-19,27,33H,5-6H2,1-4H3/b28-26-. The van der Waals surface area contributed by atoms with E-state index in [1.165, 1.54) is 11.0 Å². The quantitative estimate of drug-likeness (QED) is 0.165. The van der Waals surface area contributed by atoms with Crippen LogP contribution in [0.4, 0.5) is 5.69 Å². The van der Waals surface area contributed by atoms with E-state index in [0.717, 1.165) is 0 Å². The third-order valence-electron chi connectivity index (χ3n) is 6.08. The minimum absolute atomic E-state index is 0.0912.